The van der Waals surface area contributed by atoms with Crippen molar-refractivity contribution < 1.29 is 4.79 Å². The molecule has 0 radical (unpaired) electrons. The summed E-state index contributed by atoms with van der Waals surface area (Å²) in [5.41, 5.74) is 0.939. The molecule has 2 saturated heterocycles. The molecule has 0 unspecified atom stereocenters. The molecule has 2 aliphatic rings. The average molecular weight is 303 g/mol. The van der Waals surface area contributed by atoms with E-state index in [1.807, 2.05) is 24.0 Å². The van der Waals surface area contributed by atoms with Crippen molar-refractivity contribution in [2.45, 2.75) is 26.2 Å². The molecular formula is C16H25N5O. The Hall–Kier alpha value is -1.69. The topological polar surface area (TPSA) is 52.6 Å². The van der Waals surface area contributed by atoms with E-state index in [9.17, 15) is 4.79 Å². The fraction of sp³-hybridized carbons (Fsp3) is 0.688. The quantitative estimate of drug-likeness (QED) is 0.831. The van der Waals surface area contributed by atoms with Crippen LogP contribution in [-0.4, -0.2) is 71.7 Å². The maximum Gasteiger partial charge on any atom is 0.236 e. The van der Waals surface area contributed by atoms with Crippen LogP contribution in [0, 0.1) is 6.92 Å². The number of aromatic nitrogens is 2. The first-order chi connectivity index (χ1) is 10.7. The number of aryl methyl sites for hydroxylation is 1. The number of nitrogens with zero attached hydrogens (tertiary/aromatic N) is 5. The second kappa shape index (κ2) is 7.05. The van der Waals surface area contributed by atoms with Crippen molar-refractivity contribution in [1.29, 1.82) is 0 Å². The largest absolute Gasteiger partial charge is 0.353 e. The molecule has 0 bridgehead atoms. The van der Waals surface area contributed by atoms with E-state index in [1.54, 1.807) is 0 Å². The number of amides is 1. The molecule has 0 atom stereocenters. The highest BCUT2D eigenvalue weighted by atomic mass is 16.2. The lowest BCUT2D eigenvalue weighted by Crippen LogP contribution is -2.51. The Morgan fingerprint density at radius 3 is 2.36 bits per heavy atom. The van der Waals surface area contributed by atoms with E-state index in [-0.39, 0.29) is 0 Å². The Morgan fingerprint density at radius 1 is 1.00 bits per heavy atom. The smallest absolute Gasteiger partial charge is 0.236 e. The lowest BCUT2D eigenvalue weighted by molar-refractivity contribution is -0.133. The minimum Gasteiger partial charge on any atom is -0.353 e. The van der Waals surface area contributed by atoms with Gasteiger partial charge in [0.05, 0.1) is 12.2 Å². The molecule has 0 saturated carbocycles. The summed E-state index contributed by atoms with van der Waals surface area (Å²) in [7, 11) is 0. The van der Waals surface area contributed by atoms with Gasteiger partial charge in [0.15, 0.2) is 5.82 Å². The van der Waals surface area contributed by atoms with Crippen molar-refractivity contribution in [3.05, 3.63) is 17.8 Å². The molecule has 1 amide bonds. The maximum atomic E-state index is 12.3. The molecule has 3 heterocycles. The van der Waals surface area contributed by atoms with Crippen LogP contribution in [-0.2, 0) is 4.79 Å². The minimum absolute atomic E-state index is 0.295. The predicted octanol–water partition coefficient (Wildman–Crippen LogP) is 0.920. The standard InChI is InChI=1S/C16H25N5O/c1-14-5-6-15(18-17-14)20-11-9-19(10-12-20)13-16(22)21-7-3-2-4-8-21/h5-6H,2-4,7-13H2,1H3. The highest BCUT2D eigenvalue weighted by molar-refractivity contribution is 5.78. The van der Waals surface area contributed by atoms with Crippen molar-refractivity contribution in [2.75, 3.05) is 50.7 Å². The van der Waals surface area contributed by atoms with Crippen LogP contribution in [0.5, 0.6) is 0 Å². The van der Waals surface area contributed by atoms with Gasteiger partial charge in [-0.25, -0.2) is 0 Å². The Bertz CT molecular complexity index is 490. The Kier molecular flexibility index (Phi) is 4.87. The lowest BCUT2D eigenvalue weighted by atomic mass is 10.1. The first kappa shape index (κ1) is 15.2. The Labute approximate surface area is 132 Å². The SMILES string of the molecule is Cc1ccc(N2CCN(CC(=O)N3CCCCC3)CC2)nn1. The van der Waals surface area contributed by atoms with Gasteiger partial charge in [-0.2, -0.15) is 5.10 Å². The predicted molar refractivity (Wildman–Crippen MR) is 85.9 cm³/mol. The lowest BCUT2D eigenvalue weighted by Gasteiger charge is -2.36. The van der Waals surface area contributed by atoms with Gasteiger partial charge < -0.3 is 9.80 Å². The second-order valence-electron chi connectivity index (χ2n) is 6.24. The van der Waals surface area contributed by atoms with Gasteiger partial charge in [-0.3, -0.25) is 9.69 Å². The van der Waals surface area contributed by atoms with E-state index in [0.717, 1.165) is 63.6 Å². The van der Waals surface area contributed by atoms with Gasteiger partial charge in [0.25, 0.3) is 0 Å². The summed E-state index contributed by atoms with van der Waals surface area (Å²) >= 11 is 0. The fourth-order valence-corrected chi connectivity index (χ4v) is 3.13. The highest BCUT2D eigenvalue weighted by Crippen LogP contribution is 2.13. The fourth-order valence-electron chi connectivity index (χ4n) is 3.13. The van der Waals surface area contributed by atoms with Crippen LogP contribution in [0.15, 0.2) is 12.1 Å². The number of hydrogen-bond donors (Lipinski definition) is 0. The zero-order valence-corrected chi connectivity index (χ0v) is 13.4. The van der Waals surface area contributed by atoms with Gasteiger partial charge in [-0.1, -0.05) is 0 Å². The molecule has 6 heteroatoms. The van der Waals surface area contributed by atoms with Crippen LogP contribution in [0.4, 0.5) is 5.82 Å². The molecule has 120 valence electrons. The third-order valence-electron chi connectivity index (χ3n) is 4.55. The average Bonchev–Trinajstić information content (AvgIpc) is 2.57. The molecule has 1 aromatic heterocycles. The molecule has 2 aliphatic heterocycles. The van der Waals surface area contributed by atoms with Gasteiger partial charge in [0.2, 0.25) is 5.91 Å². The molecule has 0 aromatic carbocycles. The van der Waals surface area contributed by atoms with Gasteiger partial charge >= 0.3 is 0 Å². The number of carbonyl (C=O) groups excluding carboxylic acids is 1. The van der Waals surface area contributed by atoms with Crippen molar-refractivity contribution in [3.8, 4) is 0 Å². The summed E-state index contributed by atoms with van der Waals surface area (Å²) < 4.78 is 0. The minimum atomic E-state index is 0.295. The van der Waals surface area contributed by atoms with Crippen LogP contribution >= 0.6 is 0 Å². The molecular weight excluding hydrogens is 278 g/mol. The van der Waals surface area contributed by atoms with E-state index >= 15 is 0 Å². The van der Waals surface area contributed by atoms with Crippen LogP contribution in [0.2, 0.25) is 0 Å². The van der Waals surface area contributed by atoms with Gasteiger partial charge in [-0.15, -0.1) is 5.10 Å². The zero-order chi connectivity index (χ0) is 15.4. The third kappa shape index (κ3) is 3.74. The Balaban J connectivity index is 1.47. The summed E-state index contributed by atoms with van der Waals surface area (Å²) in [6.07, 6.45) is 3.58. The summed E-state index contributed by atoms with van der Waals surface area (Å²) in [5.74, 6) is 1.23. The van der Waals surface area contributed by atoms with E-state index in [4.69, 9.17) is 0 Å². The van der Waals surface area contributed by atoms with Crippen LogP contribution in [0.1, 0.15) is 25.0 Å². The molecule has 1 aromatic rings. The van der Waals surface area contributed by atoms with E-state index in [2.05, 4.69) is 20.0 Å². The van der Waals surface area contributed by atoms with E-state index < -0.39 is 0 Å². The molecule has 22 heavy (non-hydrogen) atoms. The summed E-state index contributed by atoms with van der Waals surface area (Å²) in [6.45, 7) is 8.03. The first-order valence-corrected chi connectivity index (χ1v) is 8.28. The molecule has 3 rings (SSSR count). The third-order valence-corrected chi connectivity index (χ3v) is 4.55. The summed E-state index contributed by atoms with van der Waals surface area (Å²) in [5, 5.41) is 8.36. The van der Waals surface area contributed by atoms with Crippen LogP contribution < -0.4 is 4.90 Å². The van der Waals surface area contributed by atoms with Gasteiger partial charge in [0.1, 0.15) is 0 Å². The monoisotopic (exact) mass is 303 g/mol. The number of piperidine rings is 1. The molecule has 0 spiro atoms. The van der Waals surface area contributed by atoms with Gasteiger partial charge in [-0.05, 0) is 38.3 Å². The second-order valence-corrected chi connectivity index (χ2v) is 6.24. The van der Waals surface area contributed by atoms with Crippen LogP contribution in [0.3, 0.4) is 0 Å². The highest BCUT2D eigenvalue weighted by Gasteiger charge is 2.23. The van der Waals surface area contributed by atoms with Gasteiger partial charge in [0, 0.05) is 39.3 Å². The number of rotatable bonds is 3. The summed E-state index contributed by atoms with van der Waals surface area (Å²) in [6, 6.07) is 4.02. The number of piperazine rings is 1. The van der Waals surface area contributed by atoms with E-state index in [1.165, 1.54) is 6.42 Å². The molecule has 6 nitrogen and oxygen atoms in total. The number of hydrogen-bond acceptors (Lipinski definition) is 5. The van der Waals surface area contributed by atoms with Crippen molar-refractivity contribution in [3.63, 3.8) is 0 Å². The maximum absolute atomic E-state index is 12.3. The molecule has 0 aliphatic carbocycles. The normalized spacial score (nSPS) is 20.2. The van der Waals surface area contributed by atoms with Crippen LogP contribution in [0.25, 0.3) is 0 Å². The van der Waals surface area contributed by atoms with Crippen molar-refractivity contribution in [1.82, 2.24) is 20.0 Å². The summed E-state index contributed by atoms with van der Waals surface area (Å²) in [4.78, 5) is 18.8. The zero-order valence-electron chi connectivity index (χ0n) is 13.4. The van der Waals surface area contributed by atoms with E-state index in [0.29, 0.717) is 12.5 Å². The first-order valence-electron chi connectivity index (χ1n) is 8.28. The van der Waals surface area contributed by atoms with Crippen molar-refractivity contribution >= 4 is 11.7 Å². The number of likely N-dealkylation sites (tertiary alicyclic amines) is 1. The molecule has 0 N–H and O–H groups in total. The Morgan fingerprint density at radius 2 is 1.73 bits per heavy atom. The number of carbonyl (C=O) groups is 1. The number of anilines is 1. The van der Waals surface area contributed by atoms with Crippen molar-refractivity contribution in [2.24, 2.45) is 0 Å². The molecule has 2 fully saturated rings.